The van der Waals surface area contributed by atoms with Crippen molar-refractivity contribution >= 4 is 35.0 Å². The molecule has 0 aliphatic carbocycles. The maximum atomic E-state index is 12.5. The van der Waals surface area contributed by atoms with Gasteiger partial charge in [-0.3, -0.25) is 14.2 Å². The molecule has 2 aromatic carbocycles. The van der Waals surface area contributed by atoms with Gasteiger partial charge in [-0.25, -0.2) is 0 Å². The van der Waals surface area contributed by atoms with Gasteiger partial charge in [-0.2, -0.15) is 0 Å². The third-order valence-electron chi connectivity index (χ3n) is 4.38. The molecule has 10 heteroatoms. The van der Waals surface area contributed by atoms with Crippen LogP contribution in [0.5, 0.6) is 5.75 Å². The van der Waals surface area contributed by atoms with Gasteiger partial charge in [0, 0.05) is 31.0 Å². The third-order valence-corrected chi connectivity index (χ3v) is 5.35. The number of anilines is 2. The molecule has 0 bridgehead atoms. The zero-order chi connectivity index (χ0) is 22.9. The lowest BCUT2D eigenvalue weighted by Crippen LogP contribution is -2.15. The fourth-order valence-electron chi connectivity index (χ4n) is 2.94. The molecule has 9 nitrogen and oxygen atoms in total. The molecule has 3 rings (SSSR count). The van der Waals surface area contributed by atoms with Crippen LogP contribution in [0.1, 0.15) is 6.92 Å². The summed E-state index contributed by atoms with van der Waals surface area (Å²) in [4.78, 5) is 23.7. The molecule has 0 radical (unpaired) electrons. The number of carbonyl (C=O) groups is 2. The Labute approximate surface area is 190 Å². The molecule has 32 heavy (non-hydrogen) atoms. The molecule has 0 aliphatic rings. The van der Waals surface area contributed by atoms with Crippen LogP contribution in [-0.4, -0.2) is 53.2 Å². The summed E-state index contributed by atoms with van der Waals surface area (Å²) >= 11 is 1.29. The summed E-state index contributed by atoms with van der Waals surface area (Å²) in [6.45, 7) is 2.46. The molecular formula is C22H25N5O4S. The Hall–Kier alpha value is -3.37. The molecule has 0 unspecified atom stereocenters. The van der Waals surface area contributed by atoms with Crippen LogP contribution < -0.4 is 15.4 Å². The average molecular weight is 456 g/mol. The van der Waals surface area contributed by atoms with Gasteiger partial charge < -0.3 is 20.1 Å². The number of thioether (sulfide) groups is 1. The van der Waals surface area contributed by atoms with Gasteiger partial charge in [0.15, 0.2) is 11.0 Å². The van der Waals surface area contributed by atoms with Crippen LogP contribution in [-0.2, 0) is 20.9 Å². The maximum Gasteiger partial charge on any atom is 0.234 e. The molecule has 0 fully saturated rings. The van der Waals surface area contributed by atoms with Crippen molar-refractivity contribution in [2.24, 2.45) is 0 Å². The van der Waals surface area contributed by atoms with Gasteiger partial charge in [-0.05, 0) is 42.5 Å². The highest BCUT2D eigenvalue weighted by Crippen LogP contribution is 2.26. The number of amides is 2. The average Bonchev–Trinajstić information content (AvgIpc) is 3.18. The summed E-state index contributed by atoms with van der Waals surface area (Å²) in [6.07, 6.45) is 0. The number of nitrogens with zero attached hydrogens (tertiary/aromatic N) is 3. The molecule has 2 N–H and O–H groups in total. The van der Waals surface area contributed by atoms with E-state index < -0.39 is 0 Å². The first kappa shape index (κ1) is 23.3. The van der Waals surface area contributed by atoms with Crippen molar-refractivity contribution in [3.05, 3.63) is 48.5 Å². The number of rotatable bonds is 10. The topological polar surface area (TPSA) is 107 Å². The molecule has 1 aromatic heterocycles. The molecule has 3 aromatic rings. The van der Waals surface area contributed by atoms with Crippen molar-refractivity contribution in [2.75, 3.05) is 37.2 Å². The molecule has 0 saturated carbocycles. The van der Waals surface area contributed by atoms with Crippen molar-refractivity contribution in [2.45, 2.75) is 18.6 Å². The summed E-state index contributed by atoms with van der Waals surface area (Å²) in [5.41, 5.74) is 2.11. The summed E-state index contributed by atoms with van der Waals surface area (Å²) in [7, 11) is 3.25. The van der Waals surface area contributed by atoms with E-state index in [-0.39, 0.29) is 17.6 Å². The van der Waals surface area contributed by atoms with Crippen molar-refractivity contribution in [3.8, 4) is 17.1 Å². The second-order valence-electron chi connectivity index (χ2n) is 6.78. The van der Waals surface area contributed by atoms with E-state index in [4.69, 9.17) is 9.47 Å². The van der Waals surface area contributed by atoms with Crippen LogP contribution in [0.25, 0.3) is 11.4 Å². The Morgan fingerprint density at radius 3 is 2.41 bits per heavy atom. The van der Waals surface area contributed by atoms with Crippen LogP contribution in [0.15, 0.2) is 53.7 Å². The molecule has 1 heterocycles. The van der Waals surface area contributed by atoms with Gasteiger partial charge in [0.25, 0.3) is 0 Å². The first-order chi connectivity index (χ1) is 15.5. The monoisotopic (exact) mass is 455 g/mol. The van der Waals surface area contributed by atoms with Gasteiger partial charge in [-0.15, -0.1) is 10.2 Å². The number of methoxy groups -OCH3 is 2. The first-order valence-electron chi connectivity index (χ1n) is 9.87. The lowest BCUT2D eigenvalue weighted by Gasteiger charge is -2.10. The Bertz CT molecular complexity index is 1070. The number of benzene rings is 2. The van der Waals surface area contributed by atoms with Crippen LogP contribution in [0.2, 0.25) is 0 Å². The highest BCUT2D eigenvalue weighted by atomic mass is 32.2. The van der Waals surface area contributed by atoms with E-state index >= 15 is 0 Å². The normalized spacial score (nSPS) is 10.6. The van der Waals surface area contributed by atoms with Gasteiger partial charge >= 0.3 is 0 Å². The van der Waals surface area contributed by atoms with Crippen LogP contribution in [0, 0.1) is 0 Å². The summed E-state index contributed by atoms with van der Waals surface area (Å²) in [5.74, 6) is 1.23. The van der Waals surface area contributed by atoms with E-state index in [0.29, 0.717) is 35.5 Å². The number of nitrogens with one attached hydrogen (secondary N) is 2. The molecule has 2 amide bonds. The van der Waals surface area contributed by atoms with E-state index in [1.54, 1.807) is 38.5 Å². The minimum absolute atomic E-state index is 0.151. The smallest absolute Gasteiger partial charge is 0.234 e. The van der Waals surface area contributed by atoms with Crippen molar-refractivity contribution in [3.63, 3.8) is 0 Å². The Kier molecular flexibility index (Phi) is 8.23. The number of hydrogen-bond acceptors (Lipinski definition) is 7. The SMILES string of the molecule is COCCn1c(SCC(=O)Nc2cccc(NC(C)=O)c2)nnc1-c1ccc(OC)cc1. The predicted octanol–water partition coefficient (Wildman–Crippen LogP) is 3.29. The Balaban J connectivity index is 1.69. The van der Waals surface area contributed by atoms with Crippen LogP contribution in [0.3, 0.4) is 0 Å². The van der Waals surface area contributed by atoms with Crippen LogP contribution >= 0.6 is 11.8 Å². The molecule has 0 spiro atoms. The first-order valence-corrected chi connectivity index (χ1v) is 10.9. The maximum absolute atomic E-state index is 12.5. The lowest BCUT2D eigenvalue weighted by molar-refractivity contribution is -0.114. The number of hydrogen-bond donors (Lipinski definition) is 2. The number of aromatic nitrogens is 3. The molecule has 0 atom stereocenters. The Morgan fingerprint density at radius 1 is 1.03 bits per heavy atom. The van der Waals surface area contributed by atoms with Gasteiger partial charge in [-0.1, -0.05) is 17.8 Å². The number of carbonyl (C=O) groups excluding carboxylic acids is 2. The quantitative estimate of drug-likeness (QED) is 0.452. The minimum Gasteiger partial charge on any atom is -0.497 e. The van der Waals surface area contributed by atoms with Crippen LogP contribution in [0.4, 0.5) is 11.4 Å². The fourth-order valence-corrected chi connectivity index (χ4v) is 3.70. The lowest BCUT2D eigenvalue weighted by atomic mass is 10.2. The van der Waals surface area contributed by atoms with Gasteiger partial charge in [0.05, 0.1) is 26.0 Å². The van der Waals surface area contributed by atoms with Crippen molar-refractivity contribution in [1.29, 1.82) is 0 Å². The zero-order valence-electron chi connectivity index (χ0n) is 18.1. The van der Waals surface area contributed by atoms with Gasteiger partial charge in [0.1, 0.15) is 5.75 Å². The molecule has 0 aliphatic heterocycles. The zero-order valence-corrected chi connectivity index (χ0v) is 18.9. The number of ether oxygens (including phenoxy) is 2. The van der Waals surface area contributed by atoms with E-state index in [1.165, 1.54) is 18.7 Å². The standard InChI is InChI=1S/C22H25N5O4S/c1-15(28)23-17-5-4-6-18(13-17)24-20(29)14-32-22-26-25-21(27(22)11-12-30-2)16-7-9-19(31-3)10-8-16/h4-10,13H,11-12,14H2,1-3H3,(H,23,28)(H,24,29). The summed E-state index contributed by atoms with van der Waals surface area (Å²) in [5, 5.41) is 14.7. The predicted molar refractivity (Wildman–Crippen MR) is 124 cm³/mol. The van der Waals surface area contributed by atoms with Gasteiger partial charge in [0.2, 0.25) is 11.8 Å². The molecule has 168 valence electrons. The third kappa shape index (κ3) is 6.32. The summed E-state index contributed by atoms with van der Waals surface area (Å²) in [6, 6.07) is 14.5. The van der Waals surface area contributed by atoms with E-state index in [9.17, 15) is 9.59 Å². The van der Waals surface area contributed by atoms with E-state index in [1.807, 2.05) is 28.8 Å². The van der Waals surface area contributed by atoms with Crippen molar-refractivity contribution in [1.82, 2.24) is 14.8 Å². The highest BCUT2D eigenvalue weighted by molar-refractivity contribution is 7.99. The Morgan fingerprint density at radius 2 is 1.75 bits per heavy atom. The molecular weight excluding hydrogens is 430 g/mol. The second kappa shape index (κ2) is 11.3. The summed E-state index contributed by atoms with van der Waals surface area (Å²) < 4.78 is 12.4. The van der Waals surface area contributed by atoms with E-state index in [0.717, 1.165) is 11.3 Å². The van der Waals surface area contributed by atoms with E-state index in [2.05, 4.69) is 20.8 Å². The molecule has 0 saturated heterocycles. The highest BCUT2D eigenvalue weighted by Gasteiger charge is 2.16. The largest absolute Gasteiger partial charge is 0.497 e. The fraction of sp³-hybridized carbons (Fsp3) is 0.273. The second-order valence-corrected chi connectivity index (χ2v) is 7.72. The van der Waals surface area contributed by atoms with Crippen molar-refractivity contribution < 1.29 is 19.1 Å². The minimum atomic E-state index is -0.192.